The molecular formula is C28H25F4N3O2. The molecule has 4 aromatic rings. The number of amides is 1. The van der Waals surface area contributed by atoms with E-state index in [1.807, 2.05) is 42.2 Å². The van der Waals surface area contributed by atoms with E-state index in [4.69, 9.17) is 4.42 Å². The van der Waals surface area contributed by atoms with Gasteiger partial charge in [0, 0.05) is 13.1 Å². The van der Waals surface area contributed by atoms with E-state index in [0.29, 0.717) is 12.1 Å². The number of nitrogens with zero attached hydrogens (tertiary/aromatic N) is 2. The van der Waals surface area contributed by atoms with Crippen molar-refractivity contribution in [3.05, 3.63) is 125 Å². The van der Waals surface area contributed by atoms with Crippen LogP contribution in [-0.4, -0.2) is 15.8 Å². The highest BCUT2D eigenvalue weighted by atomic mass is 19.4. The predicted molar refractivity (Wildman–Crippen MR) is 130 cm³/mol. The first-order chi connectivity index (χ1) is 17.7. The van der Waals surface area contributed by atoms with Gasteiger partial charge < -0.3 is 9.73 Å². The van der Waals surface area contributed by atoms with Crippen LogP contribution in [0.3, 0.4) is 0 Å². The van der Waals surface area contributed by atoms with E-state index >= 15 is 0 Å². The molecule has 1 N–H and O–H groups in total. The third kappa shape index (κ3) is 7.27. The first-order valence-corrected chi connectivity index (χ1v) is 11.6. The molecule has 0 aliphatic heterocycles. The van der Waals surface area contributed by atoms with Crippen LogP contribution < -0.4 is 5.32 Å². The Morgan fingerprint density at radius 2 is 1.65 bits per heavy atom. The quantitative estimate of drug-likeness (QED) is 0.260. The highest BCUT2D eigenvalue weighted by Gasteiger charge is 2.30. The fraction of sp³-hybridized carbons (Fsp3) is 0.214. The lowest BCUT2D eigenvalue weighted by molar-refractivity contribution is -0.137. The fourth-order valence-corrected chi connectivity index (χ4v) is 3.89. The van der Waals surface area contributed by atoms with E-state index in [1.165, 1.54) is 24.5 Å². The number of oxazole rings is 1. The van der Waals surface area contributed by atoms with Crippen molar-refractivity contribution in [2.75, 3.05) is 0 Å². The minimum atomic E-state index is -4.46. The average Bonchev–Trinajstić information content (AvgIpc) is 3.34. The van der Waals surface area contributed by atoms with Crippen LogP contribution in [0.1, 0.15) is 51.6 Å². The third-order valence-electron chi connectivity index (χ3n) is 5.77. The number of hydrogen-bond acceptors (Lipinski definition) is 4. The first kappa shape index (κ1) is 26.1. The third-order valence-corrected chi connectivity index (χ3v) is 5.77. The molecule has 0 aliphatic rings. The molecule has 0 spiro atoms. The van der Waals surface area contributed by atoms with Crippen LogP contribution in [-0.2, 0) is 25.8 Å². The van der Waals surface area contributed by atoms with Crippen LogP contribution in [0.15, 0.2) is 89.5 Å². The van der Waals surface area contributed by atoms with Gasteiger partial charge in [-0.2, -0.15) is 13.2 Å². The first-order valence-electron chi connectivity index (χ1n) is 11.6. The number of carbonyl (C=O) groups excluding carboxylic acids is 1. The van der Waals surface area contributed by atoms with Crippen molar-refractivity contribution in [1.82, 2.24) is 15.2 Å². The summed E-state index contributed by atoms with van der Waals surface area (Å²) < 4.78 is 58.5. The van der Waals surface area contributed by atoms with Crippen molar-refractivity contribution >= 4 is 5.91 Å². The van der Waals surface area contributed by atoms with Gasteiger partial charge in [-0.15, -0.1) is 0 Å². The number of alkyl halides is 3. The van der Waals surface area contributed by atoms with Gasteiger partial charge in [0.1, 0.15) is 12.1 Å². The number of benzene rings is 3. The van der Waals surface area contributed by atoms with Crippen molar-refractivity contribution in [1.29, 1.82) is 0 Å². The Morgan fingerprint density at radius 3 is 2.35 bits per heavy atom. The lowest BCUT2D eigenvalue weighted by Gasteiger charge is -2.21. The summed E-state index contributed by atoms with van der Waals surface area (Å²) in [5.41, 5.74) is 1.49. The zero-order chi connectivity index (χ0) is 26.4. The minimum Gasteiger partial charge on any atom is -0.447 e. The molecule has 4 rings (SSSR count). The Kier molecular flexibility index (Phi) is 8.03. The SMILES string of the molecule is CC(NC(=O)c1coc(CN(Cc2ccc(F)cc2)Cc2cccc(C(F)(F)F)c2)n1)c1ccccc1. The summed E-state index contributed by atoms with van der Waals surface area (Å²) in [5, 5.41) is 2.87. The number of nitrogens with one attached hydrogen (secondary N) is 1. The number of rotatable bonds is 9. The van der Waals surface area contributed by atoms with Gasteiger partial charge in [0.05, 0.1) is 18.2 Å². The van der Waals surface area contributed by atoms with Gasteiger partial charge in [-0.1, -0.05) is 60.7 Å². The van der Waals surface area contributed by atoms with Crippen LogP contribution >= 0.6 is 0 Å². The molecule has 1 amide bonds. The van der Waals surface area contributed by atoms with Gasteiger partial charge >= 0.3 is 6.18 Å². The molecule has 0 bridgehead atoms. The van der Waals surface area contributed by atoms with Gasteiger partial charge in [0.25, 0.3) is 5.91 Å². The fourth-order valence-electron chi connectivity index (χ4n) is 3.89. The summed E-state index contributed by atoms with van der Waals surface area (Å²) in [7, 11) is 0. The zero-order valence-electron chi connectivity index (χ0n) is 20.0. The maximum absolute atomic E-state index is 13.4. The molecule has 5 nitrogen and oxygen atoms in total. The van der Waals surface area contributed by atoms with Crippen molar-refractivity contribution in [2.24, 2.45) is 0 Å². The molecule has 0 aliphatic carbocycles. The largest absolute Gasteiger partial charge is 0.447 e. The smallest absolute Gasteiger partial charge is 0.416 e. The van der Waals surface area contributed by atoms with E-state index in [0.717, 1.165) is 23.3 Å². The van der Waals surface area contributed by atoms with Gasteiger partial charge in [0.15, 0.2) is 5.69 Å². The van der Waals surface area contributed by atoms with E-state index in [2.05, 4.69) is 10.3 Å². The van der Waals surface area contributed by atoms with E-state index in [9.17, 15) is 22.4 Å². The van der Waals surface area contributed by atoms with Gasteiger partial charge in [-0.25, -0.2) is 9.37 Å². The lowest BCUT2D eigenvalue weighted by Crippen LogP contribution is -2.27. The summed E-state index contributed by atoms with van der Waals surface area (Å²) >= 11 is 0. The second kappa shape index (κ2) is 11.4. The van der Waals surface area contributed by atoms with Gasteiger partial charge in [-0.05, 0) is 41.8 Å². The topological polar surface area (TPSA) is 58.4 Å². The number of carbonyl (C=O) groups is 1. The van der Waals surface area contributed by atoms with Crippen LogP contribution in [0.4, 0.5) is 17.6 Å². The Bertz CT molecular complexity index is 1320. The summed E-state index contributed by atoms with van der Waals surface area (Å²) in [6, 6.07) is 20.1. The molecule has 0 radical (unpaired) electrons. The van der Waals surface area contributed by atoms with E-state index in [-0.39, 0.29) is 36.5 Å². The lowest BCUT2D eigenvalue weighted by atomic mass is 10.1. The molecule has 9 heteroatoms. The number of halogens is 4. The Hall–Kier alpha value is -3.98. The zero-order valence-corrected chi connectivity index (χ0v) is 20.0. The second-order valence-corrected chi connectivity index (χ2v) is 8.70. The van der Waals surface area contributed by atoms with Crippen LogP contribution in [0, 0.1) is 5.82 Å². The van der Waals surface area contributed by atoms with Crippen molar-refractivity contribution in [3.8, 4) is 0 Å². The molecule has 1 atom stereocenters. The van der Waals surface area contributed by atoms with Crippen molar-refractivity contribution in [3.63, 3.8) is 0 Å². The average molecular weight is 512 g/mol. The number of hydrogen-bond donors (Lipinski definition) is 1. The van der Waals surface area contributed by atoms with Gasteiger partial charge in [0.2, 0.25) is 5.89 Å². The van der Waals surface area contributed by atoms with E-state index in [1.54, 1.807) is 18.2 Å². The Balaban J connectivity index is 1.49. The van der Waals surface area contributed by atoms with E-state index < -0.39 is 17.6 Å². The molecule has 1 unspecified atom stereocenters. The minimum absolute atomic E-state index is 0.0959. The maximum atomic E-state index is 13.4. The Morgan fingerprint density at radius 1 is 0.946 bits per heavy atom. The second-order valence-electron chi connectivity index (χ2n) is 8.70. The molecule has 1 aromatic heterocycles. The highest BCUT2D eigenvalue weighted by Crippen LogP contribution is 2.30. The standard InChI is InChI=1S/C28H25F4N3O2/c1-19(22-7-3-2-4-8-22)33-27(36)25-18-37-26(34-25)17-35(15-20-10-12-24(29)13-11-20)16-21-6-5-9-23(14-21)28(30,31)32/h2-14,18-19H,15-17H2,1H3,(H,33,36). The van der Waals surface area contributed by atoms with Crippen molar-refractivity contribution in [2.45, 2.75) is 38.8 Å². The molecule has 192 valence electrons. The monoisotopic (exact) mass is 511 g/mol. The molecule has 0 saturated heterocycles. The number of aromatic nitrogens is 1. The highest BCUT2D eigenvalue weighted by molar-refractivity contribution is 5.92. The summed E-state index contributed by atoms with van der Waals surface area (Å²) in [5.74, 6) is -0.567. The summed E-state index contributed by atoms with van der Waals surface area (Å²) in [4.78, 5) is 18.8. The van der Waals surface area contributed by atoms with Crippen LogP contribution in [0.5, 0.6) is 0 Å². The Labute approximate surface area is 211 Å². The van der Waals surface area contributed by atoms with Gasteiger partial charge in [-0.3, -0.25) is 9.69 Å². The van der Waals surface area contributed by atoms with Crippen LogP contribution in [0.25, 0.3) is 0 Å². The summed E-state index contributed by atoms with van der Waals surface area (Å²) in [6.45, 7) is 2.42. The van der Waals surface area contributed by atoms with Crippen LogP contribution in [0.2, 0.25) is 0 Å². The predicted octanol–water partition coefficient (Wildman–Crippen LogP) is 6.53. The molecular weight excluding hydrogens is 486 g/mol. The normalized spacial score (nSPS) is 12.5. The molecule has 37 heavy (non-hydrogen) atoms. The van der Waals surface area contributed by atoms with Crippen molar-refractivity contribution < 1.29 is 26.8 Å². The molecule has 0 fully saturated rings. The summed E-state index contributed by atoms with van der Waals surface area (Å²) in [6.07, 6.45) is -3.21. The molecule has 3 aromatic carbocycles. The molecule has 0 saturated carbocycles. The molecule has 1 heterocycles. The maximum Gasteiger partial charge on any atom is 0.416 e.